The second kappa shape index (κ2) is 15.2. The van der Waals surface area contributed by atoms with Crippen LogP contribution in [0.1, 0.15) is 152 Å². The molecule has 0 fully saturated rings. The zero-order valence-electron chi connectivity index (χ0n) is 36.1. The van der Waals surface area contributed by atoms with Crippen LogP contribution in [0.5, 0.6) is 17.2 Å². The van der Waals surface area contributed by atoms with Crippen molar-refractivity contribution in [2.45, 2.75) is 145 Å². The summed E-state index contributed by atoms with van der Waals surface area (Å²) in [5, 5.41) is 36.2. The van der Waals surface area contributed by atoms with E-state index in [2.05, 4.69) is 137 Å². The first-order valence-electron chi connectivity index (χ1n) is 19.9. The van der Waals surface area contributed by atoms with E-state index in [0.29, 0.717) is 37.9 Å². The Bertz CT molecular complexity index is 2120. The molecule has 1 aliphatic rings. The summed E-state index contributed by atoms with van der Waals surface area (Å²) in [5.74, 6) is 1.51. The van der Waals surface area contributed by atoms with Crippen LogP contribution in [0.25, 0.3) is 0 Å². The third-order valence-corrected chi connectivity index (χ3v) is 11.2. The van der Waals surface area contributed by atoms with Gasteiger partial charge in [0.25, 0.3) is 0 Å². The molecule has 296 valence electrons. The van der Waals surface area contributed by atoms with Crippen LogP contribution < -0.4 is 4.74 Å². The van der Waals surface area contributed by atoms with Gasteiger partial charge in [0, 0.05) is 38.9 Å². The number of nitrogens with zero attached hydrogens (tertiary/aromatic N) is 2. The Hall–Kier alpha value is -4.45. The summed E-state index contributed by atoms with van der Waals surface area (Å²) in [6, 6.07) is 12.9. The number of hydrogen-bond acceptors (Lipinski definition) is 5. The van der Waals surface area contributed by atoms with Gasteiger partial charge in [0.1, 0.15) is 23.9 Å². The van der Waals surface area contributed by atoms with Gasteiger partial charge in [0.15, 0.2) is 0 Å². The molecule has 0 unspecified atom stereocenters. The number of allylic oxidation sites excluding steroid dienone is 4. The van der Waals surface area contributed by atoms with Crippen molar-refractivity contribution >= 4 is 0 Å². The predicted molar refractivity (Wildman–Crippen MR) is 227 cm³/mol. The average molecular weight is 747 g/mol. The maximum absolute atomic E-state index is 12.2. The highest BCUT2D eigenvalue weighted by Gasteiger charge is 2.27. The van der Waals surface area contributed by atoms with Gasteiger partial charge < -0.3 is 24.6 Å². The number of aliphatic hydroxyl groups is 1. The maximum atomic E-state index is 12.2. The van der Waals surface area contributed by atoms with Crippen molar-refractivity contribution in [2.24, 2.45) is 12.5 Å². The van der Waals surface area contributed by atoms with E-state index in [1.54, 1.807) is 6.33 Å². The van der Waals surface area contributed by atoms with E-state index in [9.17, 15) is 15.3 Å². The lowest BCUT2D eigenvalue weighted by Gasteiger charge is -2.27. The Morgan fingerprint density at radius 2 is 1.09 bits per heavy atom. The highest BCUT2D eigenvalue weighted by atomic mass is 16.5. The summed E-state index contributed by atoms with van der Waals surface area (Å²) in [6.45, 7) is 28.8. The molecule has 0 radical (unpaired) electrons. The molecular weight excluding hydrogens is 681 g/mol. The highest BCUT2D eigenvalue weighted by Crippen LogP contribution is 2.42. The molecule has 1 heterocycles. The van der Waals surface area contributed by atoms with Crippen LogP contribution in [0.4, 0.5) is 0 Å². The molecule has 1 aliphatic carbocycles. The fourth-order valence-corrected chi connectivity index (χ4v) is 7.05. The standard InChI is InChI=1S/C49H66N2O4/c1-30(46(2,3)4)17-32-18-36-25-40(49(11,12)13)26-37(45(36)55-28-41-27-51(14)29-50-41)20-35-24-39(48(8,9)10)23-34(44(35)54)19-33-22-38(47(5,6)7)21-31(43(33)53)15-16-42(32)52/h17,21-27,29,52-54H,15-16,18-20,28H2,1-14H3/b30-17+,42-32-. The van der Waals surface area contributed by atoms with Gasteiger partial charge in [-0.15, -0.1) is 0 Å². The van der Waals surface area contributed by atoms with Crippen LogP contribution in [-0.4, -0.2) is 24.9 Å². The van der Waals surface area contributed by atoms with Crippen molar-refractivity contribution in [3.05, 3.63) is 128 Å². The van der Waals surface area contributed by atoms with Crippen molar-refractivity contribution in [3.8, 4) is 17.2 Å². The highest BCUT2D eigenvalue weighted by molar-refractivity contribution is 5.56. The Morgan fingerprint density at radius 3 is 1.55 bits per heavy atom. The number of fused-ring (bicyclic) bond motifs is 6. The Morgan fingerprint density at radius 1 is 0.655 bits per heavy atom. The van der Waals surface area contributed by atoms with Gasteiger partial charge in [-0.1, -0.05) is 131 Å². The topological polar surface area (TPSA) is 87.7 Å². The van der Waals surface area contributed by atoms with Crippen molar-refractivity contribution in [1.29, 1.82) is 0 Å². The molecule has 6 bridgehead atoms. The Labute approximate surface area is 331 Å². The van der Waals surface area contributed by atoms with Crippen molar-refractivity contribution < 1.29 is 20.1 Å². The number of hydrogen-bond donors (Lipinski definition) is 3. The van der Waals surface area contributed by atoms with Crippen molar-refractivity contribution in [3.63, 3.8) is 0 Å². The van der Waals surface area contributed by atoms with Gasteiger partial charge in [-0.3, -0.25) is 0 Å². The van der Waals surface area contributed by atoms with E-state index in [1.807, 2.05) is 17.8 Å². The molecule has 3 N–H and O–H groups in total. The first kappa shape index (κ1) is 41.7. The SMILES string of the molecule is C/C(=C\C1=C(\O)CCc2cc(C(C)(C)C)cc(c2O)Cc2cc(C(C)(C)C)cc(c2O)Cc2cc(C(C)(C)C)cc(c2OCc2cn(C)cn2)C1)C(C)(C)C. The van der Waals surface area contributed by atoms with E-state index >= 15 is 0 Å². The van der Waals surface area contributed by atoms with Crippen LogP contribution in [0, 0.1) is 5.41 Å². The summed E-state index contributed by atoms with van der Waals surface area (Å²) < 4.78 is 8.74. The number of aliphatic hydroxyl groups excluding tert-OH is 1. The molecule has 1 aromatic heterocycles. The van der Waals surface area contributed by atoms with Crippen LogP contribution in [0.15, 0.2) is 71.9 Å². The van der Waals surface area contributed by atoms with Crippen LogP contribution in [0.2, 0.25) is 0 Å². The fraction of sp³-hybridized carbons (Fsp3) is 0.490. The molecular formula is C49H66N2O4. The summed E-state index contributed by atoms with van der Waals surface area (Å²) in [4.78, 5) is 4.56. The van der Waals surface area contributed by atoms with Crippen molar-refractivity contribution in [2.75, 3.05) is 0 Å². The van der Waals surface area contributed by atoms with Gasteiger partial charge in [0.05, 0.1) is 17.8 Å². The Kier molecular flexibility index (Phi) is 11.6. The fourth-order valence-electron chi connectivity index (χ4n) is 7.05. The number of phenols is 2. The van der Waals surface area contributed by atoms with Crippen LogP contribution in [0.3, 0.4) is 0 Å². The number of aryl methyl sites for hydroxylation is 2. The second-order valence-electron chi connectivity index (χ2n) is 20.1. The van der Waals surface area contributed by atoms with Gasteiger partial charge in [-0.05, 0) is 90.6 Å². The van der Waals surface area contributed by atoms with Gasteiger partial charge in [0.2, 0.25) is 0 Å². The van der Waals surface area contributed by atoms with Gasteiger partial charge in [-0.2, -0.15) is 0 Å². The number of rotatable bonds is 4. The molecule has 0 atom stereocenters. The quantitative estimate of drug-likeness (QED) is 0.194. The molecule has 0 saturated carbocycles. The van der Waals surface area contributed by atoms with E-state index in [0.717, 1.165) is 72.7 Å². The summed E-state index contributed by atoms with van der Waals surface area (Å²) in [7, 11) is 1.95. The van der Waals surface area contributed by atoms with Crippen LogP contribution in [-0.2, 0) is 55.6 Å². The molecule has 3 aromatic carbocycles. The van der Waals surface area contributed by atoms with Crippen molar-refractivity contribution in [1.82, 2.24) is 9.55 Å². The average Bonchev–Trinajstić information content (AvgIpc) is 3.47. The first-order valence-corrected chi connectivity index (χ1v) is 19.9. The lowest BCUT2D eigenvalue weighted by atomic mass is 9.80. The number of aromatic nitrogens is 2. The third kappa shape index (κ3) is 9.87. The second-order valence-corrected chi connectivity index (χ2v) is 20.1. The zero-order chi connectivity index (χ0) is 40.8. The number of phenolic OH excluding ortho intramolecular Hbond substituents is 2. The molecule has 0 aliphatic heterocycles. The summed E-state index contributed by atoms with van der Waals surface area (Å²) in [5.41, 5.74) is 10.6. The minimum absolute atomic E-state index is 0.110. The molecule has 5 rings (SSSR count). The molecule has 4 aromatic rings. The Balaban J connectivity index is 1.86. The van der Waals surface area contributed by atoms with E-state index in [1.165, 1.54) is 0 Å². The molecule has 6 nitrogen and oxygen atoms in total. The number of ether oxygens (including phenoxy) is 1. The van der Waals surface area contributed by atoms with E-state index in [4.69, 9.17) is 4.74 Å². The third-order valence-electron chi connectivity index (χ3n) is 11.2. The zero-order valence-corrected chi connectivity index (χ0v) is 36.1. The predicted octanol–water partition coefficient (Wildman–Crippen LogP) is 11.8. The lowest BCUT2D eigenvalue weighted by molar-refractivity contribution is 0.295. The number of aromatic hydroxyl groups is 2. The monoisotopic (exact) mass is 747 g/mol. The smallest absolute Gasteiger partial charge is 0.132 e. The molecule has 0 spiro atoms. The lowest BCUT2D eigenvalue weighted by Crippen LogP contribution is -2.16. The summed E-state index contributed by atoms with van der Waals surface area (Å²) >= 11 is 0. The number of imidazole rings is 1. The van der Waals surface area contributed by atoms with E-state index < -0.39 is 0 Å². The minimum Gasteiger partial charge on any atom is -0.512 e. The molecule has 6 heteroatoms. The largest absolute Gasteiger partial charge is 0.512 e. The molecule has 0 saturated heterocycles. The maximum Gasteiger partial charge on any atom is 0.132 e. The normalized spacial score (nSPS) is 16.4. The molecule has 0 amide bonds. The minimum atomic E-state index is -0.191. The van der Waals surface area contributed by atoms with Gasteiger partial charge in [-0.25, -0.2) is 4.98 Å². The van der Waals surface area contributed by atoms with Gasteiger partial charge >= 0.3 is 0 Å². The number of benzene rings is 3. The molecule has 55 heavy (non-hydrogen) atoms. The summed E-state index contributed by atoms with van der Waals surface area (Å²) in [6.07, 6.45) is 7.93. The van der Waals surface area contributed by atoms with Crippen LogP contribution >= 0.6 is 0 Å². The van der Waals surface area contributed by atoms with E-state index in [-0.39, 0.29) is 39.8 Å². The first-order chi connectivity index (χ1) is 25.3.